The van der Waals surface area contributed by atoms with E-state index in [2.05, 4.69) is 35.2 Å². The first-order valence-electron chi connectivity index (χ1n) is 8.86. The van der Waals surface area contributed by atoms with Gasteiger partial charge < -0.3 is 9.84 Å². The quantitative estimate of drug-likeness (QED) is 0.701. The van der Waals surface area contributed by atoms with Gasteiger partial charge in [0.05, 0.1) is 7.05 Å². The number of hydrogen-bond donors (Lipinski definition) is 1. The van der Waals surface area contributed by atoms with Crippen molar-refractivity contribution in [2.75, 3.05) is 6.61 Å². The van der Waals surface area contributed by atoms with E-state index in [1.54, 1.807) is 0 Å². The minimum atomic E-state index is -0.569. The molecule has 0 unspecified atom stereocenters. The lowest BCUT2D eigenvalue weighted by Crippen LogP contribution is -2.34. The summed E-state index contributed by atoms with van der Waals surface area (Å²) in [5, 5.41) is 10.6. The average Bonchev–Trinajstić information content (AvgIpc) is 2.86. The molecule has 0 saturated carbocycles. The molecule has 4 nitrogen and oxygen atoms in total. The lowest BCUT2D eigenvalue weighted by atomic mass is 10.1. The van der Waals surface area contributed by atoms with Gasteiger partial charge in [-0.3, -0.25) is 0 Å². The van der Waals surface area contributed by atoms with Gasteiger partial charge in [-0.2, -0.15) is 0 Å². The Morgan fingerprint density at radius 3 is 2.44 bits per heavy atom. The number of hydrogen-bond acceptors (Lipinski definition) is 2. The Bertz CT molecular complexity index is 863. The Labute approximate surface area is 149 Å². The van der Waals surface area contributed by atoms with E-state index in [0.29, 0.717) is 6.54 Å². The van der Waals surface area contributed by atoms with E-state index in [-0.39, 0.29) is 6.61 Å². The van der Waals surface area contributed by atoms with Gasteiger partial charge >= 0.3 is 0 Å². The smallest absolute Gasteiger partial charge is 0.256 e. The van der Waals surface area contributed by atoms with Gasteiger partial charge in [-0.1, -0.05) is 37.3 Å². The highest BCUT2D eigenvalue weighted by atomic mass is 16.5. The number of fused-ring (bicyclic) bond motifs is 1. The first-order chi connectivity index (χ1) is 12.0. The number of aliphatic hydroxyl groups excluding tert-OH is 1. The van der Waals surface area contributed by atoms with Crippen LogP contribution in [0.3, 0.4) is 0 Å². The molecule has 0 amide bonds. The molecule has 3 aromatic rings. The lowest BCUT2D eigenvalue weighted by molar-refractivity contribution is -0.653. The van der Waals surface area contributed by atoms with Crippen molar-refractivity contribution < 1.29 is 14.4 Å². The Morgan fingerprint density at radius 2 is 1.76 bits per heavy atom. The number of aliphatic hydroxyl groups is 1. The van der Waals surface area contributed by atoms with E-state index in [1.807, 2.05) is 44.2 Å². The van der Waals surface area contributed by atoms with Crippen LogP contribution in [-0.4, -0.2) is 22.4 Å². The van der Waals surface area contributed by atoms with Gasteiger partial charge in [0.2, 0.25) is 0 Å². The van der Waals surface area contributed by atoms with E-state index in [1.165, 1.54) is 11.3 Å². The minimum Gasteiger partial charge on any atom is -0.490 e. The molecular weight excluding hydrogens is 312 g/mol. The van der Waals surface area contributed by atoms with Gasteiger partial charge in [0, 0.05) is 6.42 Å². The maximum absolute atomic E-state index is 10.6. The van der Waals surface area contributed by atoms with Crippen LogP contribution < -0.4 is 9.30 Å². The second-order valence-corrected chi connectivity index (χ2v) is 6.61. The van der Waals surface area contributed by atoms with Crippen LogP contribution in [0.15, 0.2) is 42.5 Å². The van der Waals surface area contributed by atoms with Crippen LogP contribution in [0.5, 0.6) is 5.75 Å². The van der Waals surface area contributed by atoms with E-state index in [4.69, 9.17) is 4.74 Å². The van der Waals surface area contributed by atoms with E-state index >= 15 is 0 Å². The lowest BCUT2D eigenvalue weighted by Gasteiger charge is -2.15. The van der Waals surface area contributed by atoms with Gasteiger partial charge in [-0.15, -0.1) is 0 Å². The van der Waals surface area contributed by atoms with Crippen molar-refractivity contribution >= 4 is 11.0 Å². The van der Waals surface area contributed by atoms with Crippen LogP contribution in [0.4, 0.5) is 0 Å². The van der Waals surface area contributed by atoms with Crippen LogP contribution in [0.2, 0.25) is 0 Å². The Morgan fingerprint density at radius 1 is 1.08 bits per heavy atom. The molecule has 132 valence electrons. The molecule has 0 radical (unpaired) electrons. The molecular formula is C21H27N2O2+. The summed E-state index contributed by atoms with van der Waals surface area (Å²) in [6.07, 6.45) is 0.343. The highest BCUT2D eigenvalue weighted by Crippen LogP contribution is 2.22. The zero-order valence-electron chi connectivity index (χ0n) is 15.5. The average molecular weight is 339 g/mol. The van der Waals surface area contributed by atoms with Crippen LogP contribution in [0.25, 0.3) is 11.0 Å². The van der Waals surface area contributed by atoms with Gasteiger partial charge in [0.1, 0.15) is 25.0 Å². The second-order valence-electron chi connectivity index (χ2n) is 6.61. The van der Waals surface area contributed by atoms with Crippen molar-refractivity contribution in [1.82, 2.24) is 4.57 Å². The predicted molar refractivity (Wildman–Crippen MR) is 99.9 cm³/mol. The predicted octanol–water partition coefficient (Wildman–Crippen LogP) is 3.08. The number of aromatic nitrogens is 2. The topological polar surface area (TPSA) is 38.3 Å². The summed E-state index contributed by atoms with van der Waals surface area (Å²) in [5.74, 6) is 2.08. The zero-order chi connectivity index (χ0) is 18.0. The molecule has 1 heterocycles. The molecule has 2 aromatic carbocycles. The molecule has 0 aliphatic heterocycles. The van der Waals surface area contributed by atoms with Crippen molar-refractivity contribution in [2.45, 2.75) is 39.8 Å². The Kier molecular flexibility index (Phi) is 5.09. The molecule has 0 spiro atoms. The van der Waals surface area contributed by atoms with Crippen molar-refractivity contribution in [3.63, 3.8) is 0 Å². The Hall–Kier alpha value is -2.33. The van der Waals surface area contributed by atoms with Gasteiger partial charge in [-0.05, 0) is 37.1 Å². The number of benzene rings is 2. The normalized spacial score (nSPS) is 12.5. The molecule has 0 saturated heterocycles. The number of para-hydroxylation sites is 3. The molecule has 25 heavy (non-hydrogen) atoms. The molecule has 4 heteroatoms. The highest BCUT2D eigenvalue weighted by molar-refractivity contribution is 5.72. The van der Waals surface area contributed by atoms with Crippen molar-refractivity contribution in [3.8, 4) is 5.75 Å². The number of rotatable bonds is 6. The summed E-state index contributed by atoms with van der Waals surface area (Å²) in [4.78, 5) is 0. The molecule has 0 aliphatic rings. The molecule has 0 aliphatic carbocycles. The van der Waals surface area contributed by atoms with Crippen LogP contribution in [-0.2, 0) is 20.0 Å². The van der Waals surface area contributed by atoms with E-state index in [0.717, 1.165) is 28.8 Å². The minimum absolute atomic E-state index is 0.283. The molecule has 0 fully saturated rings. The second kappa shape index (κ2) is 7.28. The number of ether oxygens (including phenoxy) is 1. The van der Waals surface area contributed by atoms with Gasteiger partial charge in [0.15, 0.2) is 11.0 Å². The SMILES string of the molecule is CCc1n(C[C@@H](O)COc2c(C)cccc2C)c2ccccc2[n+]1C. The fraction of sp³-hybridized carbons (Fsp3) is 0.381. The molecule has 1 atom stereocenters. The first kappa shape index (κ1) is 17.5. The maximum Gasteiger partial charge on any atom is 0.256 e. The third-order valence-electron chi connectivity index (χ3n) is 4.77. The summed E-state index contributed by atoms with van der Waals surface area (Å²) in [5.41, 5.74) is 4.52. The van der Waals surface area contributed by atoms with Gasteiger partial charge in [-0.25, -0.2) is 9.13 Å². The van der Waals surface area contributed by atoms with Crippen LogP contribution in [0, 0.1) is 13.8 Å². The third-order valence-corrected chi connectivity index (χ3v) is 4.77. The van der Waals surface area contributed by atoms with Crippen LogP contribution in [0.1, 0.15) is 23.9 Å². The highest BCUT2D eigenvalue weighted by Gasteiger charge is 2.23. The summed E-state index contributed by atoms with van der Waals surface area (Å²) >= 11 is 0. The molecule has 3 rings (SSSR count). The number of aryl methyl sites for hydroxylation is 3. The summed E-state index contributed by atoms with van der Waals surface area (Å²) < 4.78 is 10.3. The monoisotopic (exact) mass is 339 g/mol. The van der Waals surface area contributed by atoms with E-state index < -0.39 is 6.10 Å². The summed E-state index contributed by atoms with van der Waals surface area (Å²) in [6.45, 7) is 7.01. The molecule has 0 bridgehead atoms. The standard InChI is InChI=1S/C21H27N2O2/c1-5-20-22(4)18-11-6-7-12-19(18)23(20)13-17(24)14-25-21-15(2)9-8-10-16(21)3/h6-12,17,24H,5,13-14H2,1-4H3/q+1/t17-/m1/s1. The third kappa shape index (κ3) is 3.40. The number of nitrogens with zero attached hydrogens (tertiary/aromatic N) is 2. The van der Waals surface area contributed by atoms with Crippen molar-refractivity contribution in [1.29, 1.82) is 0 Å². The zero-order valence-corrected chi connectivity index (χ0v) is 15.5. The fourth-order valence-corrected chi connectivity index (χ4v) is 3.54. The van der Waals surface area contributed by atoms with Crippen molar-refractivity contribution in [2.24, 2.45) is 7.05 Å². The largest absolute Gasteiger partial charge is 0.490 e. The maximum atomic E-state index is 10.6. The van der Waals surface area contributed by atoms with Gasteiger partial charge in [0.25, 0.3) is 5.82 Å². The number of imidazole rings is 1. The summed E-state index contributed by atoms with van der Waals surface area (Å²) in [6, 6.07) is 14.4. The molecule has 1 aromatic heterocycles. The van der Waals surface area contributed by atoms with Crippen molar-refractivity contribution in [3.05, 3.63) is 59.4 Å². The first-order valence-corrected chi connectivity index (χ1v) is 8.86. The Balaban J connectivity index is 1.79. The summed E-state index contributed by atoms with van der Waals surface area (Å²) in [7, 11) is 2.08. The van der Waals surface area contributed by atoms with E-state index in [9.17, 15) is 5.11 Å². The van der Waals surface area contributed by atoms with Crippen LogP contribution >= 0.6 is 0 Å². The molecule has 1 N–H and O–H groups in total. The fourth-order valence-electron chi connectivity index (χ4n) is 3.54.